The number of hydrogen-bond donors (Lipinski definition) is 3. The summed E-state index contributed by atoms with van der Waals surface area (Å²) in [6.07, 6.45) is 1.46. The fraction of sp³-hybridized carbons (Fsp3) is 0.368. The molecule has 27 heavy (non-hydrogen) atoms. The zero-order chi connectivity index (χ0) is 20.4. The van der Waals surface area contributed by atoms with Crippen LogP contribution in [0.4, 0.5) is 11.4 Å². The number of carbonyl (C=O) groups is 1. The van der Waals surface area contributed by atoms with E-state index in [1.807, 2.05) is 33.0 Å². The second kappa shape index (κ2) is 7.98. The van der Waals surface area contributed by atoms with Gasteiger partial charge in [-0.1, -0.05) is 17.6 Å². The molecule has 0 radical (unpaired) electrons. The van der Waals surface area contributed by atoms with Crippen LogP contribution in [-0.2, 0) is 11.9 Å². The minimum atomic E-state index is -0.924. The fourth-order valence-electron chi connectivity index (χ4n) is 2.58. The van der Waals surface area contributed by atoms with Gasteiger partial charge >= 0.3 is 0 Å². The molecule has 0 fully saturated rings. The smallest absolute Gasteiger partial charge is 0.278 e. The monoisotopic (exact) mass is 371 g/mol. The number of hydrogen-bond acceptors (Lipinski definition) is 5. The Morgan fingerprint density at radius 2 is 2.00 bits per heavy atom. The predicted molar refractivity (Wildman–Crippen MR) is 109 cm³/mol. The molecule has 7 nitrogen and oxygen atoms in total. The maximum absolute atomic E-state index is 12.7. The molecule has 1 heterocycles. The van der Waals surface area contributed by atoms with Gasteiger partial charge in [-0.3, -0.25) is 14.4 Å². The molecule has 1 aromatic heterocycles. The Labute approximate surface area is 159 Å². The summed E-state index contributed by atoms with van der Waals surface area (Å²) in [6.45, 7) is 6.66. The number of aliphatic hydroxyl groups excluding tert-OH is 1. The van der Waals surface area contributed by atoms with Crippen LogP contribution in [0.1, 0.15) is 35.3 Å². The van der Waals surface area contributed by atoms with Crippen molar-refractivity contribution in [1.82, 2.24) is 10.0 Å². The van der Waals surface area contributed by atoms with Crippen LogP contribution in [0.5, 0.6) is 0 Å². The standard InChI is InChI=1S/C19H26BN3O4/c1-11-8-13(20)6-7-15(11)21-16-12(2)18(26)23(5)9-14(16)17(25)22-27-19(3,4)10-24/h6-9,21,24H,10,20H2,1-5H3,(H,22,25). The number of anilines is 2. The first-order chi connectivity index (χ1) is 12.6. The molecule has 2 aromatic rings. The van der Waals surface area contributed by atoms with Crippen molar-refractivity contribution in [2.45, 2.75) is 33.3 Å². The Hall–Kier alpha value is -2.58. The zero-order valence-corrected chi connectivity index (χ0v) is 16.6. The van der Waals surface area contributed by atoms with Gasteiger partial charge in [0.2, 0.25) is 0 Å². The summed E-state index contributed by atoms with van der Waals surface area (Å²) in [4.78, 5) is 30.4. The lowest BCUT2D eigenvalue weighted by atomic mass is 9.94. The van der Waals surface area contributed by atoms with Gasteiger partial charge in [-0.15, -0.1) is 0 Å². The molecule has 0 aliphatic heterocycles. The molecule has 2 rings (SSSR count). The summed E-state index contributed by atoms with van der Waals surface area (Å²) in [5, 5.41) is 12.5. The number of amides is 1. The van der Waals surface area contributed by atoms with Crippen LogP contribution in [-0.4, -0.2) is 35.6 Å². The lowest BCUT2D eigenvalue weighted by Crippen LogP contribution is -2.39. The molecular weight excluding hydrogens is 345 g/mol. The Morgan fingerprint density at radius 1 is 1.33 bits per heavy atom. The van der Waals surface area contributed by atoms with E-state index in [1.54, 1.807) is 27.8 Å². The molecule has 0 aliphatic carbocycles. The van der Waals surface area contributed by atoms with Gasteiger partial charge in [0.15, 0.2) is 0 Å². The SMILES string of the molecule is Bc1ccc(Nc2c(C(=O)NOC(C)(C)CO)cn(C)c(=O)c2C)c(C)c1. The average Bonchev–Trinajstić information content (AvgIpc) is 2.61. The minimum absolute atomic E-state index is 0.199. The normalized spacial score (nSPS) is 11.3. The van der Waals surface area contributed by atoms with E-state index in [9.17, 15) is 14.7 Å². The van der Waals surface area contributed by atoms with E-state index < -0.39 is 11.5 Å². The van der Waals surface area contributed by atoms with E-state index >= 15 is 0 Å². The average molecular weight is 371 g/mol. The van der Waals surface area contributed by atoms with Gasteiger partial charge in [0.05, 0.1) is 17.9 Å². The summed E-state index contributed by atoms with van der Waals surface area (Å²) >= 11 is 0. The largest absolute Gasteiger partial charge is 0.393 e. The number of benzene rings is 1. The maximum Gasteiger partial charge on any atom is 0.278 e. The van der Waals surface area contributed by atoms with E-state index in [0.29, 0.717) is 11.3 Å². The number of pyridine rings is 1. The number of hydroxylamine groups is 1. The van der Waals surface area contributed by atoms with E-state index in [-0.39, 0.29) is 17.7 Å². The molecule has 144 valence electrons. The van der Waals surface area contributed by atoms with E-state index in [4.69, 9.17) is 4.84 Å². The van der Waals surface area contributed by atoms with Gasteiger partial charge in [0.25, 0.3) is 11.5 Å². The second-order valence-corrected chi connectivity index (χ2v) is 7.35. The first-order valence-electron chi connectivity index (χ1n) is 8.69. The highest BCUT2D eigenvalue weighted by Crippen LogP contribution is 2.25. The van der Waals surface area contributed by atoms with Gasteiger partial charge in [-0.05, 0) is 39.3 Å². The summed E-state index contributed by atoms with van der Waals surface area (Å²) < 4.78 is 1.36. The highest BCUT2D eigenvalue weighted by molar-refractivity contribution is 6.32. The Bertz CT molecular complexity index is 922. The third-order valence-electron chi connectivity index (χ3n) is 4.30. The summed E-state index contributed by atoms with van der Waals surface area (Å²) in [7, 11) is 3.59. The summed E-state index contributed by atoms with van der Waals surface area (Å²) in [6, 6.07) is 5.89. The minimum Gasteiger partial charge on any atom is -0.393 e. The van der Waals surface area contributed by atoms with E-state index in [0.717, 1.165) is 16.7 Å². The van der Waals surface area contributed by atoms with Crippen LogP contribution >= 0.6 is 0 Å². The highest BCUT2D eigenvalue weighted by atomic mass is 16.7. The molecule has 3 N–H and O–H groups in total. The van der Waals surface area contributed by atoms with Crippen molar-refractivity contribution in [2.24, 2.45) is 7.05 Å². The van der Waals surface area contributed by atoms with Crippen molar-refractivity contribution in [3.63, 3.8) is 0 Å². The number of nitrogens with one attached hydrogen (secondary N) is 2. The van der Waals surface area contributed by atoms with Crippen molar-refractivity contribution in [2.75, 3.05) is 11.9 Å². The van der Waals surface area contributed by atoms with Gasteiger partial charge in [-0.2, -0.15) is 0 Å². The number of nitrogens with zero attached hydrogens (tertiary/aromatic N) is 1. The van der Waals surface area contributed by atoms with Gasteiger partial charge in [-0.25, -0.2) is 5.48 Å². The first kappa shape index (κ1) is 20.7. The lowest BCUT2D eigenvalue weighted by Gasteiger charge is -2.23. The number of aryl methyl sites for hydroxylation is 2. The summed E-state index contributed by atoms with van der Waals surface area (Å²) in [5.41, 5.74) is 5.28. The lowest BCUT2D eigenvalue weighted by molar-refractivity contribution is -0.0956. The number of rotatable bonds is 6. The third-order valence-corrected chi connectivity index (χ3v) is 4.30. The molecule has 0 atom stereocenters. The molecule has 0 saturated carbocycles. The molecule has 1 aromatic carbocycles. The Morgan fingerprint density at radius 3 is 2.59 bits per heavy atom. The van der Waals surface area contributed by atoms with Crippen LogP contribution in [0.2, 0.25) is 0 Å². The molecule has 0 bridgehead atoms. The van der Waals surface area contributed by atoms with Crippen molar-refractivity contribution in [1.29, 1.82) is 0 Å². The molecule has 0 aliphatic rings. The number of carbonyl (C=O) groups excluding carboxylic acids is 1. The van der Waals surface area contributed by atoms with Crippen molar-refractivity contribution >= 4 is 30.6 Å². The second-order valence-electron chi connectivity index (χ2n) is 7.35. The molecule has 0 saturated heterocycles. The van der Waals surface area contributed by atoms with Crippen LogP contribution in [0.3, 0.4) is 0 Å². The number of aliphatic hydroxyl groups is 1. The van der Waals surface area contributed by atoms with Crippen LogP contribution in [0.25, 0.3) is 0 Å². The van der Waals surface area contributed by atoms with E-state index in [2.05, 4.69) is 10.8 Å². The van der Waals surface area contributed by atoms with Crippen LogP contribution in [0.15, 0.2) is 29.2 Å². The number of aromatic nitrogens is 1. The first-order valence-corrected chi connectivity index (χ1v) is 8.69. The maximum atomic E-state index is 12.7. The Kier molecular flexibility index (Phi) is 6.13. The van der Waals surface area contributed by atoms with Crippen molar-refractivity contribution in [3.05, 3.63) is 51.4 Å². The fourth-order valence-corrected chi connectivity index (χ4v) is 2.58. The van der Waals surface area contributed by atoms with Gasteiger partial charge < -0.3 is 15.0 Å². The third kappa shape index (κ3) is 4.78. The molecule has 0 spiro atoms. The van der Waals surface area contributed by atoms with Gasteiger partial charge in [0.1, 0.15) is 13.4 Å². The topological polar surface area (TPSA) is 92.6 Å². The molecule has 1 amide bonds. The predicted octanol–water partition coefficient (Wildman–Crippen LogP) is 0.436. The zero-order valence-electron chi connectivity index (χ0n) is 16.6. The Balaban J connectivity index is 2.45. The van der Waals surface area contributed by atoms with Crippen LogP contribution < -0.4 is 21.8 Å². The quantitative estimate of drug-likeness (QED) is 0.506. The van der Waals surface area contributed by atoms with Crippen molar-refractivity contribution < 1.29 is 14.7 Å². The van der Waals surface area contributed by atoms with Gasteiger partial charge in [0, 0.05) is 24.5 Å². The van der Waals surface area contributed by atoms with E-state index in [1.165, 1.54) is 10.8 Å². The highest BCUT2D eigenvalue weighted by Gasteiger charge is 2.22. The molecule has 0 unspecified atom stereocenters. The molecule has 8 heteroatoms. The van der Waals surface area contributed by atoms with Crippen LogP contribution in [0, 0.1) is 13.8 Å². The molecular formula is C19H26BN3O4. The van der Waals surface area contributed by atoms with Crippen molar-refractivity contribution in [3.8, 4) is 0 Å². The summed E-state index contributed by atoms with van der Waals surface area (Å²) in [5.74, 6) is -0.512.